The molecular formula is C16H19N3O. The number of aromatic nitrogens is 2. The van der Waals surface area contributed by atoms with Crippen LogP contribution in [0.5, 0.6) is 0 Å². The zero-order valence-electron chi connectivity index (χ0n) is 12.0. The lowest BCUT2D eigenvalue weighted by atomic mass is 10.2. The van der Waals surface area contributed by atoms with Crippen molar-refractivity contribution in [2.24, 2.45) is 7.05 Å². The largest absolute Gasteiger partial charge is 0.468 e. The SMILES string of the molecule is CC(NC(C)c1nc2ccccc2n1C)c1ccco1. The summed E-state index contributed by atoms with van der Waals surface area (Å²) in [6.07, 6.45) is 1.70. The van der Waals surface area contributed by atoms with Gasteiger partial charge in [0, 0.05) is 7.05 Å². The minimum atomic E-state index is 0.146. The Balaban J connectivity index is 1.85. The Hall–Kier alpha value is -2.07. The summed E-state index contributed by atoms with van der Waals surface area (Å²) < 4.78 is 7.57. The maximum Gasteiger partial charge on any atom is 0.126 e. The third-order valence-electron chi connectivity index (χ3n) is 3.68. The molecule has 2 unspecified atom stereocenters. The van der Waals surface area contributed by atoms with E-state index in [4.69, 9.17) is 9.40 Å². The Morgan fingerprint density at radius 2 is 1.90 bits per heavy atom. The summed E-state index contributed by atoms with van der Waals surface area (Å²) in [6.45, 7) is 4.22. The van der Waals surface area contributed by atoms with Gasteiger partial charge >= 0.3 is 0 Å². The van der Waals surface area contributed by atoms with E-state index in [1.165, 1.54) is 0 Å². The van der Waals surface area contributed by atoms with E-state index in [1.54, 1.807) is 6.26 Å². The van der Waals surface area contributed by atoms with Crippen molar-refractivity contribution in [3.8, 4) is 0 Å². The number of hydrogen-bond acceptors (Lipinski definition) is 3. The van der Waals surface area contributed by atoms with Gasteiger partial charge in [0.1, 0.15) is 11.6 Å². The van der Waals surface area contributed by atoms with E-state index in [2.05, 4.69) is 36.8 Å². The first-order chi connectivity index (χ1) is 9.66. The second-order valence-electron chi connectivity index (χ2n) is 5.14. The van der Waals surface area contributed by atoms with E-state index < -0.39 is 0 Å². The number of fused-ring (bicyclic) bond motifs is 1. The fourth-order valence-corrected chi connectivity index (χ4v) is 2.62. The van der Waals surface area contributed by atoms with Crippen LogP contribution in [0.4, 0.5) is 0 Å². The number of furan rings is 1. The quantitative estimate of drug-likeness (QED) is 0.787. The number of nitrogens with one attached hydrogen (secondary N) is 1. The predicted molar refractivity (Wildman–Crippen MR) is 79.4 cm³/mol. The molecular weight excluding hydrogens is 250 g/mol. The lowest BCUT2D eigenvalue weighted by Crippen LogP contribution is -2.24. The maximum absolute atomic E-state index is 5.43. The Labute approximate surface area is 118 Å². The third-order valence-corrected chi connectivity index (χ3v) is 3.68. The van der Waals surface area contributed by atoms with E-state index >= 15 is 0 Å². The van der Waals surface area contributed by atoms with Crippen LogP contribution in [0.1, 0.15) is 37.5 Å². The van der Waals surface area contributed by atoms with Crippen molar-refractivity contribution in [1.82, 2.24) is 14.9 Å². The van der Waals surface area contributed by atoms with Crippen molar-refractivity contribution in [1.29, 1.82) is 0 Å². The molecule has 4 heteroatoms. The van der Waals surface area contributed by atoms with Gasteiger partial charge < -0.3 is 8.98 Å². The number of nitrogens with zero attached hydrogens (tertiary/aromatic N) is 2. The van der Waals surface area contributed by atoms with E-state index in [9.17, 15) is 0 Å². The molecule has 1 N–H and O–H groups in total. The summed E-state index contributed by atoms with van der Waals surface area (Å²) in [5.74, 6) is 1.97. The zero-order valence-corrected chi connectivity index (χ0v) is 12.0. The molecule has 20 heavy (non-hydrogen) atoms. The molecule has 0 fully saturated rings. The number of aryl methyl sites for hydroxylation is 1. The highest BCUT2D eigenvalue weighted by molar-refractivity contribution is 5.75. The number of benzene rings is 1. The molecule has 3 aromatic rings. The normalized spacial score (nSPS) is 14.6. The summed E-state index contributed by atoms with van der Waals surface area (Å²) in [4.78, 5) is 4.72. The van der Waals surface area contributed by atoms with Gasteiger partial charge in [0.05, 0.1) is 29.4 Å². The minimum absolute atomic E-state index is 0.146. The van der Waals surface area contributed by atoms with Crippen LogP contribution in [-0.4, -0.2) is 9.55 Å². The van der Waals surface area contributed by atoms with Gasteiger partial charge in [-0.3, -0.25) is 5.32 Å². The molecule has 2 heterocycles. The fraction of sp³-hybridized carbons (Fsp3) is 0.312. The Kier molecular flexibility index (Phi) is 3.32. The summed E-state index contributed by atoms with van der Waals surface area (Å²) in [5, 5.41) is 3.52. The highest BCUT2D eigenvalue weighted by Crippen LogP contribution is 2.22. The van der Waals surface area contributed by atoms with Crippen LogP contribution in [0.15, 0.2) is 47.1 Å². The number of imidazole rings is 1. The van der Waals surface area contributed by atoms with Crippen LogP contribution in [0.2, 0.25) is 0 Å². The number of hydrogen-bond donors (Lipinski definition) is 1. The van der Waals surface area contributed by atoms with E-state index in [-0.39, 0.29) is 12.1 Å². The molecule has 0 radical (unpaired) electrons. The van der Waals surface area contributed by atoms with Crippen LogP contribution in [0.3, 0.4) is 0 Å². The summed E-state index contributed by atoms with van der Waals surface area (Å²) in [6, 6.07) is 12.4. The molecule has 0 aliphatic heterocycles. The van der Waals surface area contributed by atoms with Crippen molar-refractivity contribution in [2.45, 2.75) is 25.9 Å². The fourth-order valence-electron chi connectivity index (χ4n) is 2.62. The second-order valence-corrected chi connectivity index (χ2v) is 5.14. The Bertz CT molecular complexity index is 700. The lowest BCUT2D eigenvalue weighted by Gasteiger charge is -2.18. The molecule has 0 saturated carbocycles. The van der Waals surface area contributed by atoms with Crippen LogP contribution in [0, 0.1) is 0 Å². The van der Waals surface area contributed by atoms with E-state index in [1.807, 2.05) is 30.3 Å². The molecule has 0 aliphatic carbocycles. The minimum Gasteiger partial charge on any atom is -0.468 e. The van der Waals surface area contributed by atoms with E-state index in [0.29, 0.717) is 0 Å². The van der Waals surface area contributed by atoms with Crippen LogP contribution >= 0.6 is 0 Å². The maximum atomic E-state index is 5.43. The molecule has 0 amide bonds. The Morgan fingerprint density at radius 3 is 2.60 bits per heavy atom. The van der Waals surface area contributed by atoms with Gasteiger partial charge in [-0.2, -0.15) is 0 Å². The Morgan fingerprint density at radius 1 is 1.10 bits per heavy atom. The first-order valence-corrected chi connectivity index (χ1v) is 6.87. The van der Waals surface area contributed by atoms with Crippen molar-refractivity contribution < 1.29 is 4.42 Å². The molecule has 104 valence electrons. The van der Waals surface area contributed by atoms with Gasteiger partial charge in [-0.25, -0.2) is 4.98 Å². The third kappa shape index (κ3) is 2.23. The standard InChI is InChI=1S/C16H19N3O/c1-11(15-9-6-10-20-15)17-12(2)16-18-13-7-4-5-8-14(13)19(16)3/h4-12,17H,1-3H3. The van der Waals surface area contributed by atoms with Crippen LogP contribution in [0.25, 0.3) is 11.0 Å². The monoisotopic (exact) mass is 269 g/mol. The molecule has 2 atom stereocenters. The average molecular weight is 269 g/mol. The summed E-state index contributed by atoms with van der Waals surface area (Å²) >= 11 is 0. The first-order valence-electron chi connectivity index (χ1n) is 6.87. The molecule has 1 aromatic carbocycles. The van der Waals surface area contributed by atoms with Crippen molar-refractivity contribution in [3.05, 3.63) is 54.2 Å². The second kappa shape index (κ2) is 5.13. The highest BCUT2D eigenvalue weighted by Gasteiger charge is 2.17. The smallest absolute Gasteiger partial charge is 0.126 e. The highest BCUT2D eigenvalue weighted by atomic mass is 16.3. The number of para-hydroxylation sites is 2. The predicted octanol–water partition coefficient (Wildman–Crippen LogP) is 3.58. The number of rotatable bonds is 4. The van der Waals surface area contributed by atoms with Gasteiger partial charge in [-0.15, -0.1) is 0 Å². The van der Waals surface area contributed by atoms with E-state index in [0.717, 1.165) is 22.6 Å². The van der Waals surface area contributed by atoms with Gasteiger partial charge in [-0.05, 0) is 38.1 Å². The molecule has 4 nitrogen and oxygen atoms in total. The average Bonchev–Trinajstić information content (AvgIpc) is 3.07. The lowest BCUT2D eigenvalue weighted by molar-refractivity contribution is 0.393. The molecule has 0 bridgehead atoms. The molecule has 0 aliphatic rings. The van der Waals surface area contributed by atoms with Gasteiger partial charge in [0.2, 0.25) is 0 Å². The molecule has 2 aromatic heterocycles. The van der Waals surface area contributed by atoms with Crippen LogP contribution < -0.4 is 5.32 Å². The van der Waals surface area contributed by atoms with Gasteiger partial charge in [0.15, 0.2) is 0 Å². The summed E-state index contributed by atoms with van der Waals surface area (Å²) in [7, 11) is 2.06. The molecule has 0 spiro atoms. The van der Waals surface area contributed by atoms with Crippen molar-refractivity contribution in [3.63, 3.8) is 0 Å². The molecule has 3 rings (SSSR count). The van der Waals surface area contributed by atoms with Crippen LogP contribution in [-0.2, 0) is 7.05 Å². The van der Waals surface area contributed by atoms with Crippen molar-refractivity contribution >= 4 is 11.0 Å². The van der Waals surface area contributed by atoms with Crippen molar-refractivity contribution in [2.75, 3.05) is 0 Å². The van der Waals surface area contributed by atoms with Gasteiger partial charge in [-0.1, -0.05) is 12.1 Å². The van der Waals surface area contributed by atoms with Gasteiger partial charge in [0.25, 0.3) is 0 Å². The zero-order chi connectivity index (χ0) is 14.1. The first kappa shape index (κ1) is 12.9. The summed E-state index contributed by atoms with van der Waals surface area (Å²) in [5.41, 5.74) is 2.19. The molecule has 0 saturated heterocycles. The topological polar surface area (TPSA) is 43.0 Å².